The molecule has 0 unspecified atom stereocenters. The summed E-state index contributed by atoms with van der Waals surface area (Å²) in [6, 6.07) is 0. The van der Waals surface area contributed by atoms with Gasteiger partial charge in [-0.05, 0) is 0 Å². The van der Waals surface area contributed by atoms with Crippen molar-refractivity contribution in [1.82, 2.24) is 10.6 Å². The van der Waals surface area contributed by atoms with Crippen molar-refractivity contribution in [3.8, 4) is 0 Å². The summed E-state index contributed by atoms with van der Waals surface area (Å²) in [5.41, 5.74) is -0.119. The van der Waals surface area contributed by atoms with Crippen LogP contribution >= 0.6 is 7.94 Å². The molecule has 58 valence electrons. The molecule has 0 saturated heterocycles. The third kappa shape index (κ3) is 1.86. The number of nitrogens with zero attached hydrogens (tertiary/aromatic N) is 1. The van der Waals surface area contributed by atoms with Gasteiger partial charge in [-0.2, -0.15) is 14.7 Å². The molecule has 6 nitrogen and oxygen atoms in total. The van der Waals surface area contributed by atoms with Gasteiger partial charge in [0.1, 0.15) is 0 Å². The third-order valence-electron chi connectivity index (χ3n) is 0.996. The molecule has 0 aliphatic carbocycles. The first kappa shape index (κ1) is 7.84. The second-order valence-corrected chi connectivity index (χ2v) is 3.37. The van der Waals surface area contributed by atoms with Crippen LogP contribution in [-0.4, -0.2) is 33.6 Å². The Morgan fingerprint density at radius 3 is 2.40 bits per heavy atom. The molecule has 0 atom stereocenters. The highest BCUT2D eigenvalue weighted by molar-refractivity contribution is 7.76. The maximum Gasteiger partial charge on any atom is 0.479 e. The Hall–Kier alpha value is -0.260. The van der Waals surface area contributed by atoms with Crippen LogP contribution in [0.25, 0.3) is 0 Å². The van der Waals surface area contributed by atoms with Gasteiger partial charge < -0.3 is 5.32 Å². The van der Waals surface area contributed by atoms with Crippen LogP contribution in [0.1, 0.15) is 0 Å². The summed E-state index contributed by atoms with van der Waals surface area (Å²) in [7, 11) is -3.89. The second-order valence-electron chi connectivity index (χ2n) is 1.81. The fourth-order valence-electron chi connectivity index (χ4n) is 0.585. The van der Waals surface area contributed by atoms with Gasteiger partial charge >= 0.3 is 13.5 Å². The lowest BCUT2D eigenvalue weighted by Crippen LogP contribution is -2.40. The molecule has 0 radical (unpaired) electrons. The Bertz CT molecular complexity index is 154. The van der Waals surface area contributed by atoms with Gasteiger partial charge in [0.25, 0.3) is 0 Å². The normalized spacial score (nSPS) is 19.7. The maximum absolute atomic E-state index is 8.64. The zero-order chi connectivity index (χ0) is 7.61. The zero-order valence-corrected chi connectivity index (χ0v) is 6.04. The molecule has 1 rings (SSSR count). The molecule has 0 saturated carbocycles. The Morgan fingerprint density at radius 2 is 2.10 bits per heavy atom. The fraction of sp³-hybridized carbons (Fsp3) is 0.667. The first-order chi connectivity index (χ1) is 4.61. The molecule has 10 heavy (non-hydrogen) atoms. The summed E-state index contributed by atoms with van der Waals surface area (Å²) in [5, 5.41) is 5.27. The lowest BCUT2D eigenvalue weighted by molar-refractivity contribution is 0.348. The molecule has 0 aromatic heterocycles. The topological polar surface area (TPSA) is 97.1 Å². The summed E-state index contributed by atoms with van der Waals surface area (Å²) < 4.78 is 0. The molecule has 7 heteroatoms. The van der Waals surface area contributed by atoms with Gasteiger partial charge in [-0.25, -0.2) is 4.99 Å². The van der Waals surface area contributed by atoms with Crippen LogP contribution < -0.4 is 10.6 Å². The highest BCUT2D eigenvalue weighted by atomic mass is 31.2. The molecule has 0 aromatic carbocycles. The summed E-state index contributed by atoms with van der Waals surface area (Å²) >= 11 is 0. The van der Waals surface area contributed by atoms with Crippen LogP contribution in [0.4, 0.5) is 0 Å². The summed E-state index contributed by atoms with van der Waals surface area (Å²) in [6.07, 6.45) is 0. The molecule has 1 aliphatic rings. The van der Waals surface area contributed by atoms with E-state index < -0.39 is 7.94 Å². The van der Waals surface area contributed by atoms with Crippen LogP contribution in [0.3, 0.4) is 0 Å². The van der Waals surface area contributed by atoms with Crippen molar-refractivity contribution in [2.75, 3.05) is 13.3 Å². The van der Waals surface area contributed by atoms with Gasteiger partial charge in [-0.1, -0.05) is 0 Å². The van der Waals surface area contributed by atoms with Crippen molar-refractivity contribution in [3.63, 3.8) is 0 Å². The molecular formula is C3H9N3O3P+. The van der Waals surface area contributed by atoms with Crippen LogP contribution in [0.2, 0.25) is 0 Å². The van der Waals surface area contributed by atoms with E-state index >= 15 is 0 Å². The molecular weight excluding hydrogens is 157 g/mol. The average Bonchev–Trinajstić information content (AvgIpc) is 1.88. The van der Waals surface area contributed by atoms with Crippen molar-refractivity contribution in [2.45, 2.75) is 0 Å². The van der Waals surface area contributed by atoms with Gasteiger partial charge in [0.2, 0.25) is 0 Å². The van der Waals surface area contributed by atoms with Crippen molar-refractivity contribution in [1.29, 1.82) is 0 Å². The van der Waals surface area contributed by atoms with Crippen molar-refractivity contribution < 1.29 is 14.7 Å². The third-order valence-corrected chi connectivity index (χ3v) is 1.86. The molecule has 0 amide bonds. The number of amidine groups is 1. The summed E-state index contributed by atoms with van der Waals surface area (Å²) in [5.74, 6) is 0. The van der Waals surface area contributed by atoms with E-state index in [0.717, 1.165) is 0 Å². The lowest BCUT2D eigenvalue weighted by atomic mass is 10.8. The molecule has 0 spiro atoms. The highest BCUT2D eigenvalue weighted by Crippen LogP contribution is 2.45. The van der Waals surface area contributed by atoms with Crippen molar-refractivity contribution in [3.05, 3.63) is 0 Å². The summed E-state index contributed by atoms with van der Waals surface area (Å²) in [4.78, 5) is 29.5. The van der Waals surface area contributed by atoms with Gasteiger partial charge in [-0.15, -0.1) is 0 Å². The minimum Gasteiger partial charge on any atom is -0.321 e. The number of aliphatic imine (C=N–C) groups is 1. The average molecular weight is 166 g/mol. The van der Waals surface area contributed by atoms with Gasteiger partial charge in [0.05, 0.1) is 13.3 Å². The number of hydrogen-bond acceptors (Lipinski definition) is 6. The SMILES string of the molecule is O[P+](O)(O)C1=NCNCN1. The molecule has 5 N–H and O–H groups in total. The smallest absolute Gasteiger partial charge is 0.321 e. The molecule has 1 heterocycles. The van der Waals surface area contributed by atoms with E-state index in [9.17, 15) is 0 Å². The molecule has 0 aromatic rings. The Kier molecular flexibility index (Phi) is 2.18. The van der Waals surface area contributed by atoms with Crippen LogP contribution in [0.5, 0.6) is 0 Å². The van der Waals surface area contributed by atoms with Crippen molar-refractivity contribution >= 4 is 13.5 Å². The van der Waals surface area contributed by atoms with E-state index in [2.05, 4.69) is 15.6 Å². The fourth-order valence-corrected chi connectivity index (χ4v) is 1.14. The van der Waals surface area contributed by atoms with Crippen LogP contribution in [-0.2, 0) is 0 Å². The van der Waals surface area contributed by atoms with Gasteiger partial charge in [-0.3, -0.25) is 5.32 Å². The lowest BCUT2D eigenvalue weighted by Gasteiger charge is -2.13. The quantitative estimate of drug-likeness (QED) is 0.296. The predicted octanol–water partition coefficient (Wildman–Crippen LogP) is -1.81. The minimum atomic E-state index is -3.89. The maximum atomic E-state index is 8.64. The Labute approximate surface area is 58.2 Å². The molecule has 0 fully saturated rings. The van der Waals surface area contributed by atoms with E-state index in [4.69, 9.17) is 14.7 Å². The number of hydrogen-bond donors (Lipinski definition) is 5. The molecule has 0 bridgehead atoms. The molecule has 1 aliphatic heterocycles. The predicted molar refractivity (Wildman–Crippen MR) is 37.0 cm³/mol. The Balaban J connectivity index is 2.62. The minimum absolute atomic E-state index is 0.119. The number of nitrogens with one attached hydrogen (secondary N) is 2. The Morgan fingerprint density at radius 1 is 1.40 bits per heavy atom. The monoisotopic (exact) mass is 166 g/mol. The number of rotatable bonds is 1. The van der Waals surface area contributed by atoms with E-state index in [1.165, 1.54) is 0 Å². The van der Waals surface area contributed by atoms with Crippen LogP contribution in [0, 0.1) is 0 Å². The zero-order valence-electron chi connectivity index (χ0n) is 5.15. The largest absolute Gasteiger partial charge is 0.479 e. The highest BCUT2D eigenvalue weighted by Gasteiger charge is 2.40. The van der Waals surface area contributed by atoms with E-state index in [1.807, 2.05) is 0 Å². The van der Waals surface area contributed by atoms with Crippen molar-refractivity contribution in [2.24, 2.45) is 4.99 Å². The van der Waals surface area contributed by atoms with E-state index in [1.54, 1.807) is 0 Å². The second kappa shape index (κ2) is 2.77. The van der Waals surface area contributed by atoms with Gasteiger partial charge in [0.15, 0.2) is 0 Å². The summed E-state index contributed by atoms with van der Waals surface area (Å²) in [6.45, 7) is 0.689. The van der Waals surface area contributed by atoms with Crippen LogP contribution in [0.15, 0.2) is 4.99 Å². The first-order valence-electron chi connectivity index (χ1n) is 2.67. The van der Waals surface area contributed by atoms with Gasteiger partial charge in [0, 0.05) is 0 Å². The first-order valence-corrected chi connectivity index (χ1v) is 4.32. The van der Waals surface area contributed by atoms with E-state index in [-0.39, 0.29) is 5.58 Å². The standard InChI is InChI=1S/C3H9N3O3P/c7-10(8,9)3-5-1-4-2-6-3/h4,7-9H,1-2H2,(H,5,6)/q+1. The van der Waals surface area contributed by atoms with E-state index in [0.29, 0.717) is 13.3 Å².